The van der Waals surface area contributed by atoms with Gasteiger partial charge in [-0.3, -0.25) is 0 Å². The average Bonchev–Trinajstić information content (AvgIpc) is 3.22. The van der Waals surface area contributed by atoms with Gasteiger partial charge in [0.2, 0.25) is 12.7 Å². The highest BCUT2D eigenvalue weighted by atomic mass is 79.9. The van der Waals surface area contributed by atoms with Gasteiger partial charge in [-0.05, 0) is 36.2 Å². The Morgan fingerprint density at radius 2 is 1.92 bits per heavy atom. The molecule has 0 saturated heterocycles. The Balaban J connectivity index is 1.50. The lowest BCUT2D eigenvalue weighted by atomic mass is 10.1. The summed E-state index contributed by atoms with van der Waals surface area (Å²) in [7, 11) is 0. The molecule has 0 spiro atoms. The lowest BCUT2D eigenvalue weighted by molar-refractivity contribution is 0.174. The van der Waals surface area contributed by atoms with Crippen LogP contribution in [0.15, 0.2) is 50.5 Å². The second-order valence-electron chi connectivity index (χ2n) is 5.27. The van der Waals surface area contributed by atoms with Crippen LogP contribution in [0.25, 0.3) is 11.5 Å². The first-order valence-electron chi connectivity index (χ1n) is 7.31. The van der Waals surface area contributed by atoms with E-state index >= 15 is 0 Å². The van der Waals surface area contributed by atoms with E-state index in [2.05, 4.69) is 26.1 Å². The zero-order valence-electron chi connectivity index (χ0n) is 12.8. The van der Waals surface area contributed by atoms with Crippen molar-refractivity contribution in [3.63, 3.8) is 0 Å². The van der Waals surface area contributed by atoms with E-state index in [1.54, 1.807) is 0 Å². The highest BCUT2D eigenvalue weighted by molar-refractivity contribution is 9.10. The monoisotopic (exact) mass is 404 g/mol. The Morgan fingerprint density at radius 1 is 1.12 bits per heavy atom. The van der Waals surface area contributed by atoms with Crippen LogP contribution in [-0.4, -0.2) is 17.0 Å². The van der Waals surface area contributed by atoms with Gasteiger partial charge in [0.05, 0.1) is 0 Å². The number of nitrogens with zero attached hydrogens (tertiary/aromatic N) is 2. The Bertz CT molecular complexity index is 897. The molecule has 2 aromatic carbocycles. The van der Waals surface area contributed by atoms with E-state index in [0.29, 0.717) is 16.9 Å². The molecule has 0 aliphatic carbocycles. The third-order valence-electron chi connectivity index (χ3n) is 3.67. The molecule has 0 unspecified atom stereocenters. The minimum absolute atomic E-state index is 0.266. The van der Waals surface area contributed by atoms with Gasteiger partial charge in [0.25, 0.3) is 5.22 Å². The second kappa shape index (κ2) is 6.49. The fourth-order valence-electron chi connectivity index (χ4n) is 2.40. The van der Waals surface area contributed by atoms with Crippen molar-refractivity contribution in [1.29, 1.82) is 0 Å². The molecule has 1 aliphatic rings. The summed E-state index contributed by atoms with van der Waals surface area (Å²) in [4.78, 5) is 0. The fraction of sp³-hybridized carbons (Fsp3) is 0.176. The van der Waals surface area contributed by atoms with E-state index in [9.17, 15) is 0 Å². The van der Waals surface area contributed by atoms with E-state index in [1.165, 1.54) is 11.8 Å². The van der Waals surface area contributed by atoms with Crippen LogP contribution in [0.4, 0.5) is 0 Å². The van der Waals surface area contributed by atoms with Crippen LogP contribution in [0.2, 0.25) is 0 Å². The zero-order valence-corrected chi connectivity index (χ0v) is 15.2. The molecule has 0 fully saturated rings. The molecule has 1 aliphatic heterocycles. The smallest absolute Gasteiger partial charge is 0.277 e. The first-order valence-corrected chi connectivity index (χ1v) is 9.09. The molecular formula is C17H13BrN2O3S. The topological polar surface area (TPSA) is 57.4 Å². The normalized spacial score (nSPS) is 12.6. The van der Waals surface area contributed by atoms with E-state index in [1.807, 2.05) is 43.3 Å². The number of hydrogen-bond acceptors (Lipinski definition) is 6. The van der Waals surface area contributed by atoms with Crippen LogP contribution in [0.1, 0.15) is 11.1 Å². The van der Waals surface area contributed by atoms with Gasteiger partial charge in [0, 0.05) is 15.8 Å². The number of rotatable bonds is 4. The highest BCUT2D eigenvalue weighted by Gasteiger charge is 2.17. The van der Waals surface area contributed by atoms with Crippen molar-refractivity contribution in [2.45, 2.75) is 17.9 Å². The van der Waals surface area contributed by atoms with Crippen LogP contribution in [0, 0.1) is 6.92 Å². The molecule has 24 heavy (non-hydrogen) atoms. The van der Waals surface area contributed by atoms with Gasteiger partial charge in [-0.25, -0.2) is 0 Å². The number of aryl methyl sites for hydroxylation is 1. The third kappa shape index (κ3) is 3.01. The maximum atomic E-state index is 5.77. The maximum Gasteiger partial charge on any atom is 0.277 e. The second-order valence-corrected chi connectivity index (χ2v) is 7.05. The zero-order chi connectivity index (χ0) is 16.5. The Morgan fingerprint density at radius 3 is 2.75 bits per heavy atom. The Kier molecular flexibility index (Phi) is 4.20. The van der Waals surface area contributed by atoms with E-state index in [-0.39, 0.29) is 6.79 Å². The highest BCUT2D eigenvalue weighted by Crippen LogP contribution is 2.39. The molecular weight excluding hydrogens is 392 g/mol. The summed E-state index contributed by atoms with van der Waals surface area (Å²) >= 11 is 5.05. The summed E-state index contributed by atoms with van der Waals surface area (Å²) in [5.41, 5.74) is 3.15. The summed E-state index contributed by atoms with van der Waals surface area (Å²) in [5.74, 6) is 2.75. The van der Waals surface area contributed by atoms with Crippen molar-refractivity contribution in [3.05, 3.63) is 52.0 Å². The van der Waals surface area contributed by atoms with E-state index in [0.717, 1.165) is 32.7 Å². The predicted octanol–water partition coefficient (Wildman–Crippen LogP) is 4.83. The summed E-state index contributed by atoms with van der Waals surface area (Å²) in [6, 6.07) is 11.8. The average molecular weight is 405 g/mol. The van der Waals surface area contributed by atoms with E-state index < -0.39 is 0 Å². The lowest BCUT2D eigenvalue weighted by Crippen LogP contribution is -1.92. The molecule has 0 amide bonds. The summed E-state index contributed by atoms with van der Waals surface area (Å²) in [6.45, 7) is 2.29. The van der Waals surface area contributed by atoms with Crippen molar-refractivity contribution >= 4 is 27.7 Å². The number of ether oxygens (including phenoxy) is 2. The molecule has 0 radical (unpaired) electrons. The van der Waals surface area contributed by atoms with Crippen LogP contribution in [0.5, 0.6) is 11.5 Å². The molecule has 3 aromatic rings. The molecule has 0 atom stereocenters. The standard InChI is InChI=1S/C17H13BrN2O3S/c1-10-4-2-3-5-12(10)16-19-20-17(23-16)24-8-11-6-14-15(7-13(11)18)22-9-21-14/h2-7H,8-9H2,1H3. The largest absolute Gasteiger partial charge is 0.454 e. The van der Waals surface area contributed by atoms with Crippen molar-refractivity contribution in [2.75, 3.05) is 6.79 Å². The van der Waals surface area contributed by atoms with Gasteiger partial charge >= 0.3 is 0 Å². The van der Waals surface area contributed by atoms with Crippen LogP contribution < -0.4 is 9.47 Å². The molecule has 122 valence electrons. The molecule has 7 heteroatoms. The van der Waals surface area contributed by atoms with Gasteiger partial charge in [0.1, 0.15) is 0 Å². The minimum atomic E-state index is 0.266. The lowest BCUT2D eigenvalue weighted by Gasteiger charge is -2.04. The molecule has 0 N–H and O–H groups in total. The summed E-state index contributed by atoms with van der Waals surface area (Å²) in [6.07, 6.45) is 0. The van der Waals surface area contributed by atoms with Crippen molar-refractivity contribution in [2.24, 2.45) is 0 Å². The molecule has 5 nitrogen and oxygen atoms in total. The van der Waals surface area contributed by atoms with Crippen molar-refractivity contribution < 1.29 is 13.9 Å². The number of halogens is 1. The minimum Gasteiger partial charge on any atom is -0.454 e. The predicted molar refractivity (Wildman–Crippen MR) is 94.3 cm³/mol. The number of benzene rings is 2. The quantitative estimate of drug-likeness (QED) is 0.580. The SMILES string of the molecule is Cc1ccccc1-c1nnc(SCc2cc3c(cc2Br)OCO3)o1. The van der Waals surface area contributed by atoms with Gasteiger partial charge in [0.15, 0.2) is 11.5 Å². The van der Waals surface area contributed by atoms with Crippen molar-refractivity contribution in [1.82, 2.24) is 10.2 Å². The summed E-state index contributed by atoms with van der Waals surface area (Å²) in [5, 5.41) is 8.81. The molecule has 2 heterocycles. The third-order valence-corrected chi connectivity index (χ3v) is 5.28. The Hall–Kier alpha value is -1.99. The van der Waals surface area contributed by atoms with Crippen LogP contribution >= 0.6 is 27.7 Å². The molecule has 4 rings (SSSR count). The van der Waals surface area contributed by atoms with E-state index in [4.69, 9.17) is 13.9 Å². The Labute approximate surface area is 151 Å². The van der Waals surface area contributed by atoms with Gasteiger partial charge in [-0.1, -0.05) is 45.9 Å². The maximum absolute atomic E-state index is 5.77. The first kappa shape index (κ1) is 15.5. The van der Waals surface area contributed by atoms with Crippen LogP contribution in [-0.2, 0) is 5.75 Å². The number of aromatic nitrogens is 2. The van der Waals surface area contributed by atoms with Gasteiger partial charge < -0.3 is 13.9 Å². The number of fused-ring (bicyclic) bond motifs is 1. The molecule has 1 aromatic heterocycles. The first-order chi connectivity index (χ1) is 11.7. The molecule has 0 saturated carbocycles. The van der Waals surface area contributed by atoms with Gasteiger partial charge in [-0.2, -0.15) is 0 Å². The van der Waals surface area contributed by atoms with Gasteiger partial charge in [-0.15, -0.1) is 10.2 Å². The number of thioether (sulfide) groups is 1. The number of hydrogen-bond donors (Lipinski definition) is 0. The van der Waals surface area contributed by atoms with Crippen molar-refractivity contribution in [3.8, 4) is 23.0 Å². The summed E-state index contributed by atoms with van der Waals surface area (Å²) < 4.78 is 17.5. The van der Waals surface area contributed by atoms with Crippen LogP contribution in [0.3, 0.4) is 0 Å². The fourth-order valence-corrected chi connectivity index (χ4v) is 3.80. The molecule has 0 bridgehead atoms.